The van der Waals surface area contributed by atoms with Crippen LogP contribution < -0.4 is 0 Å². The monoisotopic (exact) mass is 298 g/mol. The Kier molecular flexibility index (Phi) is 6.45. The van der Waals surface area contributed by atoms with Gasteiger partial charge in [0.1, 0.15) is 5.56 Å². The van der Waals surface area contributed by atoms with Gasteiger partial charge in [0, 0.05) is 25.0 Å². The highest BCUT2D eigenvalue weighted by Crippen LogP contribution is 2.21. The molecule has 0 saturated carbocycles. The van der Waals surface area contributed by atoms with E-state index < -0.39 is 4.92 Å². The normalized spacial score (nSPS) is 10.3. The summed E-state index contributed by atoms with van der Waals surface area (Å²) in [6, 6.07) is 4.57. The van der Waals surface area contributed by atoms with Gasteiger partial charge in [0.15, 0.2) is 0 Å². The Bertz CT molecular complexity index is 491. The van der Waals surface area contributed by atoms with Gasteiger partial charge in [0.05, 0.1) is 4.92 Å². The topological polar surface area (TPSA) is 63.5 Å². The summed E-state index contributed by atoms with van der Waals surface area (Å²) in [5.74, 6) is -0.00999. The van der Waals surface area contributed by atoms with E-state index in [9.17, 15) is 14.9 Å². The van der Waals surface area contributed by atoms with Crippen LogP contribution in [0, 0.1) is 17.0 Å². The van der Waals surface area contributed by atoms with Crippen molar-refractivity contribution in [2.45, 2.75) is 26.7 Å². The number of nitro groups is 1. The predicted molar refractivity (Wildman–Crippen MR) is 79.4 cm³/mol. The zero-order chi connectivity index (χ0) is 15.1. The number of nitrogens with zero attached hydrogens (tertiary/aromatic N) is 2. The lowest BCUT2D eigenvalue weighted by Crippen LogP contribution is -2.34. The molecule has 1 aromatic carbocycles. The van der Waals surface area contributed by atoms with Crippen molar-refractivity contribution in [1.29, 1.82) is 0 Å². The van der Waals surface area contributed by atoms with Crippen molar-refractivity contribution in [3.63, 3.8) is 0 Å². The maximum absolute atomic E-state index is 12.5. The smallest absolute Gasteiger partial charge is 0.282 e. The highest BCUT2D eigenvalue weighted by molar-refractivity contribution is 6.18. The minimum Gasteiger partial charge on any atom is -0.337 e. The quantitative estimate of drug-likeness (QED) is 0.440. The van der Waals surface area contributed by atoms with Crippen LogP contribution in [0.3, 0.4) is 0 Å². The van der Waals surface area contributed by atoms with Crippen LogP contribution in [-0.4, -0.2) is 34.7 Å². The molecule has 0 radical (unpaired) electrons. The minimum absolute atomic E-state index is 0.135. The van der Waals surface area contributed by atoms with E-state index in [0.29, 0.717) is 19.0 Å². The number of halogens is 1. The molecule has 0 bridgehead atoms. The van der Waals surface area contributed by atoms with Crippen LogP contribution in [0.15, 0.2) is 18.2 Å². The average Bonchev–Trinajstić information content (AvgIpc) is 2.42. The Hall–Kier alpha value is -1.62. The zero-order valence-electron chi connectivity index (χ0n) is 11.8. The van der Waals surface area contributed by atoms with Crippen LogP contribution in [-0.2, 0) is 0 Å². The van der Waals surface area contributed by atoms with E-state index in [2.05, 4.69) is 0 Å². The van der Waals surface area contributed by atoms with Crippen molar-refractivity contribution in [3.05, 3.63) is 39.4 Å². The van der Waals surface area contributed by atoms with E-state index in [-0.39, 0.29) is 17.2 Å². The Balaban J connectivity index is 3.09. The molecule has 0 fully saturated rings. The second-order valence-electron chi connectivity index (χ2n) is 4.61. The second-order valence-corrected chi connectivity index (χ2v) is 4.99. The SMILES string of the molecule is CCCCN(CCCl)C(=O)c1cc(C)ccc1[N+](=O)[O-]. The van der Waals surface area contributed by atoms with Gasteiger partial charge in [-0.1, -0.05) is 19.4 Å². The number of amides is 1. The molecule has 0 aliphatic carbocycles. The van der Waals surface area contributed by atoms with Gasteiger partial charge in [-0.3, -0.25) is 14.9 Å². The van der Waals surface area contributed by atoms with Crippen LogP contribution in [0.1, 0.15) is 35.7 Å². The first kappa shape index (κ1) is 16.4. The number of rotatable bonds is 7. The van der Waals surface area contributed by atoms with Crippen LogP contribution in [0.25, 0.3) is 0 Å². The third-order valence-electron chi connectivity index (χ3n) is 3.00. The molecule has 1 rings (SSSR count). The molecule has 0 spiro atoms. The molecule has 20 heavy (non-hydrogen) atoms. The fourth-order valence-corrected chi connectivity index (χ4v) is 2.12. The molecular formula is C14H19ClN2O3. The number of carbonyl (C=O) groups excluding carboxylic acids is 1. The molecule has 0 aliphatic heterocycles. The van der Waals surface area contributed by atoms with Crippen LogP contribution in [0.4, 0.5) is 5.69 Å². The van der Waals surface area contributed by atoms with Crippen molar-refractivity contribution in [3.8, 4) is 0 Å². The molecule has 110 valence electrons. The maximum atomic E-state index is 12.5. The molecule has 1 aromatic rings. The Morgan fingerprint density at radius 1 is 1.40 bits per heavy atom. The average molecular weight is 299 g/mol. The van der Waals surface area contributed by atoms with Crippen molar-refractivity contribution in [1.82, 2.24) is 4.90 Å². The van der Waals surface area contributed by atoms with Gasteiger partial charge in [-0.15, -0.1) is 11.6 Å². The molecule has 1 amide bonds. The molecule has 0 aliphatic rings. The third kappa shape index (κ3) is 4.20. The molecule has 0 aromatic heterocycles. The summed E-state index contributed by atoms with van der Waals surface area (Å²) in [5.41, 5.74) is 0.799. The predicted octanol–water partition coefficient (Wildman–Crippen LogP) is 3.38. The van der Waals surface area contributed by atoms with Crippen molar-refractivity contribution >= 4 is 23.2 Å². The third-order valence-corrected chi connectivity index (χ3v) is 3.17. The van der Waals surface area contributed by atoms with E-state index in [1.54, 1.807) is 24.0 Å². The molecule has 0 unspecified atom stereocenters. The van der Waals surface area contributed by atoms with Crippen molar-refractivity contribution in [2.75, 3.05) is 19.0 Å². The van der Waals surface area contributed by atoms with E-state index in [4.69, 9.17) is 11.6 Å². The molecule has 5 nitrogen and oxygen atoms in total. The number of carbonyl (C=O) groups is 1. The lowest BCUT2D eigenvalue weighted by molar-refractivity contribution is -0.385. The summed E-state index contributed by atoms with van der Waals surface area (Å²) < 4.78 is 0. The number of hydrogen-bond acceptors (Lipinski definition) is 3. The number of unbranched alkanes of at least 4 members (excludes halogenated alkanes) is 1. The number of hydrogen-bond donors (Lipinski definition) is 0. The summed E-state index contributed by atoms with van der Waals surface area (Å²) in [6.45, 7) is 4.79. The maximum Gasteiger partial charge on any atom is 0.282 e. The zero-order valence-corrected chi connectivity index (χ0v) is 12.5. The van der Waals surface area contributed by atoms with E-state index in [0.717, 1.165) is 18.4 Å². The van der Waals surface area contributed by atoms with E-state index >= 15 is 0 Å². The van der Waals surface area contributed by atoms with Gasteiger partial charge in [-0.05, 0) is 25.0 Å². The van der Waals surface area contributed by atoms with E-state index in [1.165, 1.54) is 6.07 Å². The number of nitro benzene ring substituents is 1. The molecule has 0 N–H and O–H groups in total. The Morgan fingerprint density at radius 3 is 2.65 bits per heavy atom. The summed E-state index contributed by atoms with van der Waals surface area (Å²) in [4.78, 5) is 24.6. The van der Waals surface area contributed by atoms with Crippen molar-refractivity contribution in [2.24, 2.45) is 0 Å². The molecule has 0 saturated heterocycles. The molecular weight excluding hydrogens is 280 g/mol. The largest absolute Gasteiger partial charge is 0.337 e. The number of aryl methyl sites for hydroxylation is 1. The molecule has 0 heterocycles. The van der Waals surface area contributed by atoms with Gasteiger partial charge in [-0.2, -0.15) is 0 Å². The first-order chi connectivity index (χ1) is 9.51. The van der Waals surface area contributed by atoms with Gasteiger partial charge in [0.25, 0.3) is 11.6 Å². The fraction of sp³-hybridized carbons (Fsp3) is 0.500. The number of alkyl halides is 1. The fourth-order valence-electron chi connectivity index (χ4n) is 1.92. The number of benzene rings is 1. The lowest BCUT2D eigenvalue weighted by Gasteiger charge is -2.21. The molecule has 0 atom stereocenters. The second kappa shape index (κ2) is 7.85. The van der Waals surface area contributed by atoms with Crippen LogP contribution in [0.5, 0.6) is 0 Å². The standard InChI is InChI=1S/C14H19ClN2O3/c1-3-4-8-16(9-7-15)14(18)12-10-11(2)5-6-13(12)17(19)20/h5-6,10H,3-4,7-9H2,1-2H3. The Labute approximate surface area is 123 Å². The summed E-state index contributed by atoms with van der Waals surface area (Å²) in [5, 5.41) is 11.0. The minimum atomic E-state index is -0.522. The highest BCUT2D eigenvalue weighted by atomic mass is 35.5. The highest BCUT2D eigenvalue weighted by Gasteiger charge is 2.24. The van der Waals surface area contributed by atoms with Gasteiger partial charge >= 0.3 is 0 Å². The molecule has 6 heteroatoms. The van der Waals surface area contributed by atoms with E-state index in [1.807, 2.05) is 6.92 Å². The summed E-state index contributed by atoms with van der Waals surface area (Å²) >= 11 is 5.71. The first-order valence-electron chi connectivity index (χ1n) is 6.61. The summed E-state index contributed by atoms with van der Waals surface area (Å²) in [6.07, 6.45) is 1.80. The van der Waals surface area contributed by atoms with Crippen LogP contribution in [0.2, 0.25) is 0 Å². The first-order valence-corrected chi connectivity index (χ1v) is 7.15. The van der Waals surface area contributed by atoms with Gasteiger partial charge in [0.2, 0.25) is 0 Å². The Morgan fingerprint density at radius 2 is 2.10 bits per heavy atom. The van der Waals surface area contributed by atoms with Gasteiger partial charge < -0.3 is 4.90 Å². The lowest BCUT2D eigenvalue weighted by atomic mass is 10.1. The van der Waals surface area contributed by atoms with Crippen molar-refractivity contribution < 1.29 is 9.72 Å². The van der Waals surface area contributed by atoms with Gasteiger partial charge in [-0.25, -0.2) is 0 Å². The summed E-state index contributed by atoms with van der Waals surface area (Å²) in [7, 11) is 0. The van der Waals surface area contributed by atoms with Crippen LogP contribution >= 0.6 is 11.6 Å².